The highest BCUT2D eigenvalue weighted by Crippen LogP contribution is 2.31. The summed E-state index contributed by atoms with van der Waals surface area (Å²) in [5.41, 5.74) is -0.295. The summed E-state index contributed by atoms with van der Waals surface area (Å²) in [6.45, 7) is 3.02. The summed E-state index contributed by atoms with van der Waals surface area (Å²) >= 11 is 5.73. The van der Waals surface area contributed by atoms with Crippen LogP contribution in [-0.4, -0.2) is 33.8 Å². The van der Waals surface area contributed by atoms with Crippen molar-refractivity contribution in [2.45, 2.75) is 19.8 Å². The highest BCUT2D eigenvalue weighted by molar-refractivity contribution is 6.29. The van der Waals surface area contributed by atoms with Gasteiger partial charge in [0.05, 0.1) is 4.92 Å². The van der Waals surface area contributed by atoms with Crippen LogP contribution in [0.2, 0.25) is 5.15 Å². The van der Waals surface area contributed by atoms with Crippen LogP contribution in [0.15, 0.2) is 12.3 Å². The molecule has 1 aliphatic rings. The molecule has 102 valence electrons. The summed E-state index contributed by atoms with van der Waals surface area (Å²) in [7, 11) is 0. The number of aromatic nitrogens is 1. The molecule has 1 aliphatic carbocycles. The molecule has 6 nitrogen and oxygen atoms in total. The van der Waals surface area contributed by atoms with E-state index in [0.29, 0.717) is 19.0 Å². The Hall–Kier alpha value is -1.69. The minimum atomic E-state index is -0.610. The molecular formula is C12H14ClN3O3. The van der Waals surface area contributed by atoms with Crippen LogP contribution in [0, 0.1) is 16.0 Å². The number of hydrogen-bond donors (Lipinski definition) is 0. The van der Waals surface area contributed by atoms with Gasteiger partial charge in [0.1, 0.15) is 16.9 Å². The Morgan fingerprint density at radius 3 is 2.84 bits per heavy atom. The highest BCUT2D eigenvalue weighted by atomic mass is 35.5. The molecule has 0 aliphatic heterocycles. The van der Waals surface area contributed by atoms with E-state index in [1.54, 1.807) is 4.90 Å². The maximum absolute atomic E-state index is 12.4. The molecule has 1 aromatic rings. The fourth-order valence-corrected chi connectivity index (χ4v) is 2.04. The molecule has 0 N–H and O–H groups in total. The second-order valence-electron chi connectivity index (χ2n) is 4.57. The summed E-state index contributed by atoms with van der Waals surface area (Å²) in [5.74, 6) is 0.172. The first-order chi connectivity index (χ1) is 9.02. The minimum Gasteiger partial charge on any atom is -0.338 e. The van der Waals surface area contributed by atoms with Gasteiger partial charge in [0.15, 0.2) is 0 Å². The first-order valence-corrected chi connectivity index (χ1v) is 6.50. The molecular weight excluding hydrogens is 270 g/mol. The van der Waals surface area contributed by atoms with Crippen molar-refractivity contribution in [2.75, 3.05) is 13.1 Å². The Labute approximate surface area is 115 Å². The molecule has 1 heterocycles. The van der Waals surface area contributed by atoms with Crippen molar-refractivity contribution in [3.8, 4) is 0 Å². The molecule has 1 aromatic heterocycles. The van der Waals surface area contributed by atoms with Gasteiger partial charge in [-0.15, -0.1) is 0 Å². The van der Waals surface area contributed by atoms with E-state index in [0.717, 1.165) is 19.0 Å². The van der Waals surface area contributed by atoms with Gasteiger partial charge in [0.25, 0.3) is 11.6 Å². The van der Waals surface area contributed by atoms with Crippen LogP contribution in [0.25, 0.3) is 0 Å². The quantitative estimate of drug-likeness (QED) is 0.473. The van der Waals surface area contributed by atoms with Gasteiger partial charge in [-0.2, -0.15) is 0 Å². The van der Waals surface area contributed by atoms with E-state index in [9.17, 15) is 14.9 Å². The Morgan fingerprint density at radius 1 is 1.63 bits per heavy atom. The van der Waals surface area contributed by atoms with Gasteiger partial charge >= 0.3 is 0 Å². The zero-order valence-corrected chi connectivity index (χ0v) is 11.3. The predicted molar refractivity (Wildman–Crippen MR) is 70.2 cm³/mol. The van der Waals surface area contributed by atoms with Crippen LogP contribution in [0.4, 0.5) is 5.69 Å². The molecule has 0 bridgehead atoms. The molecule has 0 aromatic carbocycles. The molecule has 0 unspecified atom stereocenters. The normalized spacial score (nSPS) is 14.2. The Bertz CT molecular complexity index is 517. The van der Waals surface area contributed by atoms with Crippen molar-refractivity contribution >= 4 is 23.2 Å². The van der Waals surface area contributed by atoms with Crippen molar-refractivity contribution in [3.05, 3.63) is 33.1 Å². The number of halogens is 1. The molecule has 1 fully saturated rings. The third-order valence-electron chi connectivity index (χ3n) is 3.12. The topological polar surface area (TPSA) is 76.3 Å². The fraction of sp³-hybridized carbons (Fsp3) is 0.500. The maximum atomic E-state index is 12.4. The molecule has 1 amide bonds. The Morgan fingerprint density at radius 2 is 2.32 bits per heavy atom. The molecule has 0 radical (unpaired) electrons. The smallest absolute Gasteiger partial charge is 0.300 e. The largest absolute Gasteiger partial charge is 0.338 e. The lowest BCUT2D eigenvalue weighted by Crippen LogP contribution is -2.33. The second-order valence-corrected chi connectivity index (χ2v) is 4.96. The van der Waals surface area contributed by atoms with Crippen molar-refractivity contribution in [2.24, 2.45) is 5.92 Å². The van der Waals surface area contributed by atoms with Gasteiger partial charge in [0, 0.05) is 13.1 Å². The second kappa shape index (κ2) is 5.52. The lowest BCUT2D eigenvalue weighted by atomic mass is 10.2. The summed E-state index contributed by atoms with van der Waals surface area (Å²) < 4.78 is 0. The van der Waals surface area contributed by atoms with E-state index >= 15 is 0 Å². The van der Waals surface area contributed by atoms with E-state index in [4.69, 9.17) is 11.6 Å². The average molecular weight is 284 g/mol. The molecule has 0 saturated heterocycles. The summed E-state index contributed by atoms with van der Waals surface area (Å²) in [6, 6.07) is 1.26. The van der Waals surface area contributed by atoms with Crippen LogP contribution in [0.5, 0.6) is 0 Å². The number of carbonyl (C=O) groups excluding carboxylic acids is 1. The minimum absolute atomic E-state index is 0.00694. The van der Waals surface area contributed by atoms with Gasteiger partial charge < -0.3 is 4.90 Å². The molecule has 19 heavy (non-hydrogen) atoms. The van der Waals surface area contributed by atoms with E-state index in [2.05, 4.69) is 4.98 Å². The molecule has 0 spiro atoms. The number of carbonyl (C=O) groups is 1. The number of amides is 1. The molecule has 1 saturated carbocycles. The van der Waals surface area contributed by atoms with Gasteiger partial charge in [-0.25, -0.2) is 4.98 Å². The predicted octanol–water partition coefficient (Wildman–Crippen LogP) is 2.52. The lowest BCUT2D eigenvalue weighted by Gasteiger charge is -2.20. The van der Waals surface area contributed by atoms with Crippen molar-refractivity contribution < 1.29 is 9.72 Å². The number of nitro groups is 1. The van der Waals surface area contributed by atoms with Crippen LogP contribution in [-0.2, 0) is 0 Å². The number of pyridine rings is 1. The first kappa shape index (κ1) is 13.7. The van der Waals surface area contributed by atoms with Gasteiger partial charge in [-0.1, -0.05) is 11.6 Å². The van der Waals surface area contributed by atoms with E-state index in [-0.39, 0.29) is 22.3 Å². The monoisotopic (exact) mass is 283 g/mol. The fourth-order valence-electron chi connectivity index (χ4n) is 1.88. The first-order valence-electron chi connectivity index (χ1n) is 6.12. The SMILES string of the molecule is CCN(CC1CC1)C(=O)c1cc(Cl)ncc1[N+](=O)[O-]. The summed E-state index contributed by atoms with van der Waals surface area (Å²) in [4.78, 5) is 28.0. The molecule has 7 heteroatoms. The van der Waals surface area contributed by atoms with Crippen molar-refractivity contribution in [1.82, 2.24) is 9.88 Å². The Kier molecular flexibility index (Phi) is 3.99. The third-order valence-corrected chi connectivity index (χ3v) is 3.33. The molecule has 2 rings (SSSR count). The Balaban J connectivity index is 2.29. The van der Waals surface area contributed by atoms with Gasteiger partial charge in [-0.05, 0) is 31.7 Å². The van der Waals surface area contributed by atoms with Crippen LogP contribution >= 0.6 is 11.6 Å². The standard InChI is InChI=1S/C12H14ClN3O3/c1-2-15(7-8-3-4-8)12(17)9-5-11(13)14-6-10(9)16(18)19/h5-6,8H,2-4,7H2,1H3. The third kappa shape index (κ3) is 3.20. The highest BCUT2D eigenvalue weighted by Gasteiger charge is 2.30. The number of hydrogen-bond acceptors (Lipinski definition) is 4. The lowest BCUT2D eigenvalue weighted by molar-refractivity contribution is -0.385. The van der Waals surface area contributed by atoms with E-state index in [1.807, 2.05) is 6.92 Å². The summed E-state index contributed by atoms with van der Waals surface area (Å²) in [5, 5.41) is 11.0. The van der Waals surface area contributed by atoms with Gasteiger partial charge in [0.2, 0.25) is 0 Å². The number of rotatable bonds is 5. The van der Waals surface area contributed by atoms with Crippen LogP contribution in [0.1, 0.15) is 30.1 Å². The van der Waals surface area contributed by atoms with Gasteiger partial charge in [-0.3, -0.25) is 14.9 Å². The van der Waals surface area contributed by atoms with Crippen LogP contribution < -0.4 is 0 Å². The number of nitrogens with zero attached hydrogens (tertiary/aromatic N) is 3. The molecule has 0 atom stereocenters. The van der Waals surface area contributed by atoms with E-state index in [1.165, 1.54) is 6.07 Å². The summed E-state index contributed by atoms with van der Waals surface area (Å²) in [6.07, 6.45) is 3.26. The van der Waals surface area contributed by atoms with E-state index < -0.39 is 4.92 Å². The van der Waals surface area contributed by atoms with Crippen molar-refractivity contribution in [1.29, 1.82) is 0 Å². The average Bonchev–Trinajstić information content (AvgIpc) is 3.18. The maximum Gasteiger partial charge on any atom is 0.300 e. The zero-order chi connectivity index (χ0) is 14.0. The zero-order valence-electron chi connectivity index (χ0n) is 10.5. The van der Waals surface area contributed by atoms with Crippen LogP contribution in [0.3, 0.4) is 0 Å². The van der Waals surface area contributed by atoms with Crippen molar-refractivity contribution in [3.63, 3.8) is 0 Å².